The molecule has 7 heteroatoms. The quantitative estimate of drug-likeness (QED) is 0.800. The van der Waals surface area contributed by atoms with Crippen LogP contribution in [0.15, 0.2) is 30.5 Å². The third kappa shape index (κ3) is 4.11. The van der Waals surface area contributed by atoms with Gasteiger partial charge in [0, 0.05) is 12.3 Å². The number of anilines is 1. The summed E-state index contributed by atoms with van der Waals surface area (Å²) >= 11 is 0. The molecule has 2 amide bonds. The zero-order valence-electron chi connectivity index (χ0n) is 13.8. The lowest BCUT2D eigenvalue weighted by Crippen LogP contribution is -2.46. The van der Waals surface area contributed by atoms with E-state index < -0.39 is 6.10 Å². The van der Waals surface area contributed by atoms with E-state index in [4.69, 9.17) is 0 Å². The Balaban J connectivity index is 1.65. The average molecular weight is 329 g/mol. The van der Waals surface area contributed by atoms with Crippen molar-refractivity contribution in [3.05, 3.63) is 41.9 Å². The number of nitrogens with zero attached hydrogens (tertiary/aromatic N) is 3. The van der Waals surface area contributed by atoms with Gasteiger partial charge in [0.05, 0.1) is 30.1 Å². The van der Waals surface area contributed by atoms with Crippen molar-refractivity contribution >= 4 is 11.8 Å². The van der Waals surface area contributed by atoms with Crippen molar-refractivity contribution < 1.29 is 9.90 Å². The Morgan fingerprint density at radius 2 is 2.21 bits per heavy atom. The molecule has 0 aliphatic heterocycles. The summed E-state index contributed by atoms with van der Waals surface area (Å²) in [6.45, 7) is 2.36. The zero-order chi connectivity index (χ0) is 16.9. The fourth-order valence-corrected chi connectivity index (χ4v) is 3.01. The van der Waals surface area contributed by atoms with Gasteiger partial charge in [-0.05, 0) is 31.9 Å². The maximum absolute atomic E-state index is 12.3. The normalized spacial score (nSPS) is 20.6. The molecule has 3 N–H and O–H groups in total. The fourth-order valence-electron chi connectivity index (χ4n) is 3.01. The number of amides is 2. The number of carbonyl (C=O) groups excluding carboxylic acids is 1. The first-order valence-corrected chi connectivity index (χ1v) is 8.32. The van der Waals surface area contributed by atoms with Crippen LogP contribution in [0.25, 0.3) is 0 Å². The number of aryl methyl sites for hydroxylation is 1. The number of aliphatic hydroxyl groups excluding tert-OH is 1. The molecule has 2 aromatic heterocycles. The number of urea groups is 1. The summed E-state index contributed by atoms with van der Waals surface area (Å²) in [6, 6.07) is 7.01. The van der Waals surface area contributed by atoms with E-state index in [1.165, 1.54) is 0 Å². The number of hydrogen-bond donors (Lipinski definition) is 3. The van der Waals surface area contributed by atoms with Gasteiger partial charge < -0.3 is 10.4 Å². The number of hydrogen-bond acceptors (Lipinski definition) is 4. The molecule has 24 heavy (non-hydrogen) atoms. The Bertz CT molecular complexity index is 686. The van der Waals surface area contributed by atoms with Crippen LogP contribution in [0.2, 0.25) is 0 Å². The Morgan fingerprint density at radius 1 is 1.38 bits per heavy atom. The first-order valence-electron chi connectivity index (χ1n) is 8.32. The van der Waals surface area contributed by atoms with Crippen LogP contribution in [0.1, 0.15) is 37.1 Å². The SMILES string of the molecule is Cc1cc(NC(=O)NC2CCCCC2O)n(Cc2ccccn2)n1. The van der Waals surface area contributed by atoms with Crippen LogP contribution in [0.4, 0.5) is 10.6 Å². The lowest BCUT2D eigenvalue weighted by molar-refractivity contribution is 0.0955. The zero-order valence-corrected chi connectivity index (χ0v) is 13.8. The average Bonchev–Trinajstić information content (AvgIpc) is 2.90. The van der Waals surface area contributed by atoms with Gasteiger partial charge in [-0.15, -0.1) is 0 Å². The predicted octanol–water partition coefficient (Wildman–Crippen LogP) is 2.06. The third-order valence-corrected chi connectivity index (χ3v) is 4.23. The van der Waals surface area contributed by atoms with Gasteiger partial charge in [-0.1, -0.05) is 18.9 Å². The van der Waals surface area contributed by atoms with Crippen molar-refractivity contribution in [2.24, 2.45) is 0 Å². The minimum atomic E-state index is -0.468. The van der Waals surface area contributed by atoms with Crippen molar-refractivity contribution in [2.45, 2.75) is 51.3 Å². The summed E-state index contributed by atoms with van der Waals surface area (Å²) in [4.78, 5) is 16.5. The molecular formula is C17H23N5O2. The monoisotopic (exact) mass is 329 g/mol. The van der Waals surface area contributed by atoms with Crippen LogP contribution in [-0.4, -0.2) is 38.0 Å². The smallest absolute Gasteiger partial charge is 0.320 e. The molecule has 128 valence electrons. The first-order chi connectivity index (χ1) is 11.6. The molecular weight excluding hydrogens is 306 g/mol. The molecule has 1 fully saturated rings. The van der Waals surface area contributed by atoms with Gasteiger partial charge in [-0.25, -0.2) is 9.48 Å². The Hall–Kier alpha value is -2.41. The molecule has 0 spiro atoms. The second kappa shape index (κ2) is 7.44. The van der Waals surface area contributed by atoms with Crippen molar-refractivity contribution in [1.29, 1.82) is 0 Å². The molecule has 3 rings (SSSR count). The largest absolute Gasteiger partial charge is 0.391 e. The van der Waals surface area contributed by atoms with E-state index in [0.717, 1.165) is 37.1 Å². The summed E-state index contributed by atoms with van der Waals surface area (Å²) in [7, 11) is 0. The van der Waals surface area contributed by atoms with E-state index in [-0.39, 0.29) is 12.1 Å². The molecule has 1 aliphatic rings. The van der Waals surface area contributed by atoms with Gasteiger partial charge >= 0.3 is 6.03 Å². The van der Waals surface area contributed by atoms with E-state index in [2.05, 4.69) is 20.7 Å². The molecule has 2 heterocycles. The molecule has 1 aliphatic carbocycles. The molecule has 0 radical (unpaired) electrons. The van der Waals surface area contributed by atoms with Crippen molar-refractivity contribution in [3.63, 3.8) is 0 Å². The molecule has 2 aromatic rings. The summed E-state index contributed by atoms with van der Waals surface area (Å²) in [5, 5.41) is 20.1. The Labute approximate surface area is 141 Å². The van der Waals surface area contributed by atoms with E-state index in [1.807, 2.05) is 31.2 Å². The van der Waals surface area contributed by atoms with E-state index in [1.54, 1.807) is 10.9 Å². The molecule has 2 atom stereocenters. The first kappa shape index (κ1) is 16.4. The van der Waals surface area contributed by atoms with Crippen LogP contribution in [-0.2, 0) is 6.54 Å². The molecule has 0 aromatic carbocycles. The number of aromatic nitrogens is 3. The number of pyridine rings is 1. The van der Waals surface area contributed by atoms with Gasteiger partial charge in [-0.3, -0.25) is 10.3 Å². The minimum absolute atomic E-state index is 0.188. The Kier molecular flexibility index (Phi) is 5.10. The second-order valence-corrected chi connectivity index (χ2v) is 6.21. The minimum Gasteiger partial charge on any atom is -0.391 e. The molecule has 0 saturated heterocycles. The number of aliphatic hydroxyl groups is 1. The van der Waals surface area contributed by atoms with Crippen LogP contribution in [0.3, 0.4) is 0 Å². The van der Waals surface area contributed by atoms with Gasteiger partial charge in [0.15, 0.2) is 0 Å². The van der Waals surface area contributed by atoms with E-state index >= 15 is 0 Å². The molecule has 1 saturated carbocycles. The van der Waals surface area contributed by atoms with Crippen molar-refractivity contribution in [2.75, 3.05) is 5.32 Å². The number of carbonyl (C=O) groups is 1. The highest BCUT2D eigenvalue weighted by atomic mass is 16.3. The highest BCUT2D eigenvalue weighted by molar-refractivity contribution is 5.88. The number of rotatable bonds is 4. The van der Waals surface area contributed by atoms with Crippen LogP contribution >= 0.6 is 0 Å². The summed E-state index contributed by atoms with van der Waals surface area (Å²) in [6.07, 6.45) is 4.85. The maximum Gasteiger partial charge on any atom is 0.320 e. The highest BCUT2D eigenvalue weighted by Crippen LogP contribution is 2.19. The fraction of sp³-hybridized carbons (Fsp3) is 0.471. The lowest BCUT2D eigenvalue weighted by Gasteiger charge is -2.28. The van der Waals surface area contributed by atoms with Gasteiger partial charge in [0.2, 0.25) is 0 Å². The molecule has 2 unspecified atom stereocenters. The van der Waals surface area contributed by atoms with Gasteiger partial charge in [-0.2, -0.15) is 5.10 Å². The van der Waals surface area contributed by atoms with Crippen LogP contribution in [0, 0.1) is 6.92 Å². The summed E-state index contributed by atoms with van der Waals surface area (Å²) < 4.78 is 1.72. The summed E-state index contributed by atoms with van der Waals surface area (Å²) in [5.74, 6) is 0.612. The van der Waals surface area contributed by atoms with Gasteiger partial charge in [0.1, 0.15) is 5.82 Å². The van der Waals surface area contributed by atoms with E-state index in [9.17, 15) is 9.90 Å². The van der Waals surface area contributed by atoms with E-state index in [0.29, 0.717) is 12.4 Å². The van der Waals surface area contributed by atoms with Crippen molar-refractivity contribution in [3.8, 4) is 0 Å². The highest BCUT2D eigenvalue weighted by Gasteiger charge is 2.24. The maximum atomic E-state index is 12.3. The third-order valence-electron chi connectivity index (χ3n) is 4.23. The molecule has 7 nitrogen and oxygen atoms in total. The molecule has 0 bridgehead atoms. The topological polar surface area (TPSA) is 92.1 Å². The summed E-state index contributed by atoms with van der Waals surface area (Å²) in [5.41, 5.74) is 1.69. The lowest BCUT2D eigenvalue weighted by atomic mass is 9.93. The predicted molar refractivity (Wildman–Crippen MR) is 90.7 cm³/mol. The van der Waals surface area contributed by atoms with Gasteiger partial charge in [0.25, 0.3) is 0 Å². The van der Waals surface area contributed by atoms with Crippen LogP contribution in [0.5, 0.6) is 0 Å². The Morgan fingerprint density at radius 3 is 2.96 bits per heavy atom. The standard InChI is InChI=1S/C17H23N5O2/c1-12-10-16(22(21-12)11-13-6-4-5-9-18-13)20-17(24)19-14-7-2-3-8-15(14)23/h4-6,9-10,14-15,23H,2-3,7-8,11H2,1H3,(H2,19,20,24). The van der Waals surface area contributed by atoms with Crippen LogP contribution < -0.4 is 10.6 Å². The second-order valence-electron chi connectivity index (χ2n) is 6.21. The number of nitrogens with one attached hydrogen (secondary N) is 2. The van der Waals surface area contributed by atoms with Crippen molar-refractivity contribution in [1.82, 2.24) is 20.1 Å².